The number of carbonyl (C=O) groups is 1. The van der Waals surface area contributed by atoms with Gasteiger partial charge in [0.1, 0.15) is 16.7 Å². The van der Waals surface area contributed by atoms with Crippen LogP contribution in [0.15, 0.2) is 53.2 Å². The van der Waals surface area contributed by atoms with Crippen molar-refractivity contribution in [1.82, 2.24) is 0 Å². The van der Waals surface area contributed by atoms with Crippen LogP contribution in [0.1, 0.15) is 18.1 Å². The van der Waals surface area contributed by atoms with Crippen LogP contribution in [0.25, 0.3) is 6.08 Å². The van der Waals surface area contributed by atoms with Gasteiger partial charge in [-0.05, 0) is 54.3 Å². The van der Waals surface area contributed by atoms with E-state index in [1.165, 1.54) is 11.8 Å². The Bertz CT molecular complexity index is 898. The molecule has 1 heterocycles. The van der Waals surface area contributed by atoms with Crippen molar-refractivity contribution in [2.75, 3.05) is 12.9 Å². The van der Waals surface area contributed by atoms with E-state index in [9.17, 15) is 4.79 Å². The number of carbonyl (C=O) groups excluding carboxylic acids is 1. The molecule has 1 aliphatic rings. The van der Waals surface area contributed by atoms with E-state index in [2.05, 4.69) is 4.99 Å². The van der Waals surface area contributed by atoms with Crippen LogP contribution >= 0.6 is 35.1 Å². The maximum Gasteiger partial charge on any atom is 0.244 e. The van der Waals surface area contributed by atoms with Crippen LogP contribution in [0.4, 0.5) is 0 Å². The van der Waals surface area contributed by atoms with Crippen molar-refractivity contribution < 1.29 is 14.3 Å². The summed E-state index contributed by atoms with van der Waals surface area (Å²) in [6.07, 6.45) is 3.61. The first-order valence-electron chi connectivity index (χ1n) is 8.30. The summed E-state index contributed by atoms with van der Waals surface area (Å²) in [5.74, 6) is 1.03. The molecular formula is C20H18ClNO3S2. The fourth-order valence-corrected chi connectivity index (χ4v) is 3.97. The van der Waals surface area contributed by atoms with Gasteiger partial charge in [0.25, 0.3) is 0 Å². The maximum absolute atomic E-state index is 12.0. The van der Waals surface area contributed by atoms with Gasteiger partial charge in [-0.2, -0.15) is 0 Å². The second kappa shape index (κ2) is 9.35. The van der Waals surface area contributed by atoms with Crippen LogP contribution in [0.3, 0.4) is 0 Å². The highest BCUT2D eigenvalue weighted by Crippen LogP contribution is 2.38. The van der Waals surface area contributed by atoms with Gasteiger partial charge < -0.3 is 9.47 Å². The minimum Gasteiger partial charge on any atom is -0.490 e. The molecular weight excluding hydrogens is 402 g/mol. The molecule has 0 aliphatic carbocycles. The Hall–Kier alpha value is -1.89. The van der Waals surface area contributed by atoms with Gasteiger partial charge in [-0.15, -0.1) is 11.8 Å². The number of halogens is 1. The van der Waals surface area contributed by atoms with E-state index in [-0.39, 0.29) is 5.12 Å². The molecule has 0 spiro atoms. The van der Waals surface area contributed by atoms with Crippen molar-refractivity contribution in [3.05, 3.63) is 64.3 Å². The Morgan fingerprint density at radius 2 is 2.00 bits per heavy atom. The van der Waals surface area contributed by atoms with E-state index in [1.54, 1.807) is 12.1 Å². The van der Waals surface area contributed by atoms with Gasteiger partial charge in [-0.25, -0.2) is 4.99 Å². The first-order chi connectivity index (χ1) is 13.1. The lowest BCUT2D eigenvalue weighted by Gasteiger charge is -2.14. The number of aliphatic imine (C=N–C) groups is 1. The summed E-state index contributed by atoms with van der Waals surface area (Å²) >= 11 is 9.04. The smallest absolute Gasteiger partial charge is 0.244 e. The third-order valence-electron chi connectivity index (χ3n) is 3.64. The normalized spacial score (nSPS) is 15.1. The minimum absolute atomic E-state index is 0.0714. The first-order valence-corrected chi connectivity index (χ1v) is 10.7. The molecule has 0 radical (unpaired) electrons. The molecule has 0 saturated carbocycles. The molecule has 1 aliphatic heterocycles. The van der Waals surface area contributed by atoms with Crippen LogP contribution in [0.5, 0.6) is 11.5 Å². The fraction of sp³-hybridized carbons (Fsp3) is 0.200. The number of rotatable bonds is 6. The second-order valence-electron chi connectivity index (χ2n) is 5.54. The third-order valence-corrected chi connectivity index (χ3v) is 5.77. The van der Waals surface area contributed by atoms with Crippen molar-refractivity contribution in [3.8, 4) is 11.5 Å². The summed E-state index contributed by atoms with van der Waals surface area (Å²) in [5.41, 5.74) is 2.18. The largest absolute Gasteiger partial charge is 0.490 e. The zero-order valence-corrected chi connectivity index (χ0v) is 17.3. The van der Waals surface area contributed by atoms with E-state index in [0.717, 1.165) is 27.3 Å². The molecule has 2 aromatic rings. The molecule has 7 heteroatoms. The van der Waals surface area contributed by atoms with Crippen LogP contribution in [-0.4, -0.2) is 22.4 Å². The lowest BCUT2D eigenvalue weighted by atomic mass is 10.1. The van der Waals surface area contributed by atoms with Gasteiger partial charge in [0, 0.05) is 0 Å². The Kier molecular flexibility index (Phi) is 6.88. The molecule has 0 aromatic heterocycles. The predicted molar refractivity (Wildman–Crippen MR) is 115 cm³/mol. The van der Waals surface area contributed by atoms with Crippen molar-refractivity contribution in [1.29, 1.82) is 0 Å². The van der Waals surface area contributed by atoms with E-state index in [1.807, 2.05) is 49.6 Å². The molecule has 0 amide bonds. The van der Waals surface area contributed by atoms with E-state index < -0.39 is 0 Å². The van der Waals surface area contributed by atoms with E-state index in [0.29, 0.717) is 35.4 Å². The van der Waals surface area contributed by atoms with Crippen LogP contribution in [-0.2, 0) is 11.4 Å². The summed E-state index contributed by atoms with van der Waals surface area (Å²) in [4.78, 5) is 16.4. The SMILES string of the molecule is CCOc1cc(C=C2N=C(SC)SC2=O)cc(Cl)c1OCc1ccccc1. The molecule has 0 atom stereocenters. The Balaban J connectivity index is 1.88. The van der Waals surface area contributed by atoms with Gasteiger partial charge in [-0.1, -0.05) is 41.9 Å². The monoisotopic (exact) mass is 419 g/mol. The number of nitrogens with zero attached hydrogens (tertiary/aromatic N) is 1. The first kappa shape index (κ1) is 19.9. The lowest BCUT2D eigenvalue weighted by Crippen LogP contribution is -2.01. The molecule has 0 N–H and O–H groups in total. The molecule has 0 saturated heterocycles. The topological polar surface area (TPSA) is 47.9 Å². The molecule has 27 heavy (non-hydrogen) atoms. The van der Waals surface area contributed by atoms with Crippen molar-refractivity contribution in [2.24, 2.45) is 4.99 Å². The summed E-state index contributed by atoms with van der Waals surface area (Å²) < 4.78 is 12.4. The predicted octanol–water partition coefficient (Wildman–Crippen LogP) is 5.65. The number of thioether (sulfide) groups is 2. The fourth-order valence-electron chi connectivity index (χ4n) is 2.44. The number of ether oxygens (including phenoxy) is 2. The highest BCUT2D eigenvalue weighted by molar-refractivity contribution is 8.45. The van der Waals surface area contributed by atoms with Gasteiger partial charge in [0.15, 0.2) is 11.5 Å². The highest BCUT2D eigenvalue weighted by atomic mass is 35.5. The van der Waals surface area contributed by atoms with Crippen molar-refractivity contribution in [2.45, 2.75) is 13.5 Å². The van der Waals surface area contributed by atoms with Crippen molar-refractivity contribution >= 4 is 50.7 Å². The number of benzene rings is 2. The minimum atomic E-state index is -0.0714. The number of hydrogen-bond donors (Lipinski definition) is 0. The van der Waals surface area contributed by atoms with Gasteiger partial charge in [0.2, 0.25) is 5.12 Å². The summed E-state index contributed by atoms with van der Waals surface area (Å²) in [6, 6.07) is 13.4. The lowest BCUT2D eigenvalue weighted by molar-refractivity contribution is -0.107. The van der Waals surface area contributed by atoms with Crippen LogP contribution in [0, 0.1) is 0 Å². The van der Waals surface area contributed by atoms with E-state index in [4.69, 9.17) is 21.1 Å². The van der Waals surface area contributed by atoms with E-state index >= 15 is 0 Å². The zero-order chi connectivity index (χ0) is 19.2. The third kappa shape index (κ3) is 5.09. The molecule has 0 unspecified atom stereocenters. The quantitative estimate of drug-likeness (QED) is 0.566. The zero-order valence-electron chi connectivity index (χ0n) is 14.9. The molecule has 140 valence electrons. The summed E-state index contributed by atoms with van der Waals surface area (Å²) in [7, 11) is 0. The second-order valence-corrected chi connectivity index (χ2v) is 7.96. The molecule has 0 fully saturated rings. The Morgan fingerprint density at radius 1 is 1.22 bits per heavy atom. The van der Waals surface area contributed by atoms with Crippen LogP contribution < -0.4 is 9.47 Å². The summed E-state index contributed by atoms with van der Waals surface area (Å²) in [6.45, 7) is 2.76. The number of hydrogen-bond acceptors (Lipinski definition) is 6. The Labute approximate surface area is 172 Å². The highest BCUT2D eigenvalue weighted by Gasteiger charge is 2.22. The molecule has 4 nitrogen and oxygen atoms in total. The summed E-state index contributed by atoms with van der Waals surface area (Å²) in [5, 5.41) is 0.355. The van der Waals surface area contributed by atoms with Crippen molar-refractivity contribution in [3.63, 3.8) is 0 Å². The Morgan fingerprint density at radius 3 is 2.67 bits per heavy atom. The van der Waals surface area contributed by atoms with Gasteiger partial charge in [-0.3, -0.25) is 4.79 Å². The molecule has 2 aromatic carbocycles. The standard InChI is InChI=1S/C20H18ClNO3S2/c1-3-24-17-11-14(10-16-19(23)27-20(22-16)26-2)9-15(21)18(17)25-12-13-7-5-4-6-8-13/h4-11H,3,12H2,1-2H3. The molecule has 3 rings (SSSR count). The average molecular weight is 420 g/mol. The average Bonchev–Trinajstić information content (AvgIpc) is 3.02. The maximum atomic E-state index is 12.0. The van der Waals surface area contributed by atoms with Gasteiger partial charge in [0.05, 0.1) is 11.6 Å². The van der Waals surface area contributed by atoms with Gasteiger partial charge >= 0.3 is 0 Å². The van der Waals surface area contributed by atoms with Crippen LogP contribution in [0.2, 0.25) is 5.02 Å². The molecule has 0 bridgehead atoms.